The van der Waals surface area contributed by atoms with Crippen molar-refractivity contribution in [1.82, 2.24) is 5.32 Å². The van der Waals surface area contributed by atoms with Crippen molar-refractivity contribution in [2.75, 3.05) is 24.7 Å². The molecule has 0 atom stereocenters. The molecule has 0 unspecified atom stereocenters. The van der Waals surface area contributed by atoms with Crippen LogP contribution in [0.4, 0.5) is 21.0 Å². The van der Waals surface area contributed by atoms with Crippen LogP contribution in [0.15, 0.2) is 47.4 Å². The zero-order valence-corrected chi connectivity index (χ0v) is 19.8. The standard InChI is InChI=1S/C22H29N3O9/c1-6-10-30-11-12-31-21(26)33-19-15(4)23-16(5)20(34-22(27)32-14(2)3)24(19)17-8-7-9-18(13-17)25(28)29/h7-9,13-14,23H,6,10-12H2,1-5H3. The average molecular weight is 479 g/mol. The van der Waals surface area contributed by atoms with Gasteiger partial charge in [-0.05, 0) is 40.2 Å². The molecule has 0 aromatic heterocycles. The predicted octanol–water partition coefficient (Wildman–Crippen LogP) is 4.52. The van der Waals surface area contributed by atoms with Gasteiger partial charge in [0.2, 0.25) is 11.8 Å². The Morgan fingerprint density at radius 2 is 1.71 bits per heavy atom. The first kappa shape index (κ1) is 26.5. The van der Waals surface area contributed by atoms with Crippen LogP contribution in [0.3, 0.4) is 0 Å². The highest BCUT2D eigenvalue weighted by Gasteiger charge is 2.33. The Kier molecular flexibility index (Phi) is 9.68. The molecule has 12 nitrogen and oxygen atoms in total. The lowest BCUT2D eigenvalue weighted by molar-refractivity contribution is -0.384. The Morgan fingerprint density at radius 1 is 1.06 bits per heavy atom. The van der Waals surface area contributed by atoms with Crippen molar-refractivity contribution in [3.05, 3.63) is 57.5 Å². The molecule has 0 amide bonds. The third-order valence-electron chi connectivity index (χ3n) is 4.21. The maximum Gasteiger partial charge on any atom is 0.515 e. The fourth-order valence-corrected chi connectivity index (χ4v) is 2.87. The number of ether oxygens (including phenoxy) is 5. The summed E-state index contributed by atoms with van der Waals surface area (Å²) in [5, 5.41) is 14.3. The fraction of sp³-hybridized carbons (Fsp3) is 0.455. The molecule has 1 N–H and O–H groups in total. The number of nitro groups is 1. The number of benzene rings is 1. The van der Waals surface area contributed by atoms with E-state index in [0.29, 0.717) is 18.0 Å². The van der Waals surface area contributed by atoms with Gasteiger partial charge >= 0.3 is 12.3 Å². The van der Waals surface area contributed by atoms with Gasteiger partial charge in [0.15, 0.2) is 0 Å². The van der Waals surface area contributed by atoms with Gasteiger partial charge in [0.05, 0.1) is 34.7 Å². The highest BCUT2D eigenvalue weighted by atomic mass is 16.7. The molecule has 0 bridgehead atoms. The minimum atomic E-state index is -1.03. The molecule has 34 heavy (non-hydrogen) atoms. The van der Waals surface area contributed by atoms with E-state index in [1.165, 1.54) is 29.2 Å². The lowest BCUT2D eigenvalue weighted by Crippen LogP contribution is -2.38. The highest BCUT2D eigenvalue weighted by molar-refractivity contribution is 5.70. The van der Waals surface area contributed by atoms with Crippen LogP contribution in [0.5, 0.6) is 0 Å². The number of nitrogens with zero attached hydrogens (tertiary/aromatic N) is 2. The summed E-state index contributed by atoms with van der Waals surface area (Å²) in [6.07, 6.45) is -1.66. The topological polar surface area (TPSA) is 139 Å². The number of anilines is 1. The molecule has 0 spiro atoms. The zero-order chi connectivity index (χ0) is 25.3. The van der Waals surface area contributed by atoms with Crippen molar-refractivity contribution in [2.24, 2.45) is 0 Å². The van der Waals surface area contributed by atoms with Crippen LogP contribution in [-0.2, 0) is 23.7 Å². The summed E-state index contributed by atoms with van der Waals surface area (Å²) in [4.78, 5) is 36.6. The predicted molar refractivity (Wildman–Crippen MR) is 120 cm³/mol. The smallest absolute Gasteiger partial charge is 0.431 e. The van der Waals surface area contributed by atoms with E-state index in [4.69, 9.17) is 23.7 Å². The van der Waals surface area contributed by atoms with E-state index < -0.39 is 23.3 Å². The van der Waals surface area contributed by atoms with Gasteiger partial charge in [-0.15, -0.1) is 0 Å². The number of nitro benzene ring substituents is 1. The summed E-state index contributed by atoms with van der Waals surface area (Å²) in [5.74, 6) is -0.191. The molecule has 0 aliphatic carbocycles. The third kappa shape index (κ3) is 7.37. The monoisotopic (exact) mass is 479 g/mol. The first-order valence-corrected chi connectivity index (χ1v) is 10.7. The summed E-state index contributed by atoms with van der Waals surface area (Å²) in [6.45, 7) is 9.18. The van der Waals surface area contributed by atoms with Gasteiger partial charge in [0, 0.05) is 18.7 Å². The fourth-order valence-electron chi connectivity index (χ4n) is 2.87. The number of nitrogens with one attached hydrogen (secondary N) is 1. The molecule has 1 heterocycles. The lowest BCUT2D eigenvalue weighted by Gasteiger charge is -2.33. The van der Waals surface area contributed by atoms with Crippen LogP contribution < -0.4 is 10.2 Å². The van der Waals surface area contributed by atoms with Gasteiger partial charge in [-0.2, -0.15) is 0 Å². The molecular formula is C22H29N3O9. The zero-order valence-electron chi connectivity index (χ0n) is 19.8. The summed E-state index contributed by atoms with van der Waals surface area (Å²) in [5.41, 5.74) is 0.729. The molecule has 0 saturated heterocycles. The number of carbonyl (C=O) groups excluding carboxylic acids is 2. The van der Waals surface area contributed by atoms with Crippen molar-refractivity contribution in [3.63, 3.8) is 0 Å². The minimum Gasteiger partial charge on any atom is -0.431 e. The van der Waals surface area contributed by atoms with Gasteiger partial charge in [-0.1, -0.05) is 13.0 Å². The maximum atomic E-state index is 12.4. The normalized spacial score (nSPS) is 13.5. The molecule has 2 rings (SSSR count). The first-order chi connectivity index (χ1) is 16.1. The quantitative estimate of drug-likeness (QED) is 0.219. The number of non-ortho nitro benzene ring substituents is 1. The van der Waals surface area contributed by atoms with Crippen molar-refractivity contribution < 1.29 is 38.2 Å². The summed E-state index contributed by atoms with van der Waals surface area (Å²) in [6, 6.07) is 5.53. The van der Waals surface area contributed by atoms with E-state index in [1.54, 1.807) is 27.7 Å². The van der Waals surface area contributed by atoms with Crippen LogP contribution in [0.2, 0.25) is 0 Å². The maximum absolute atomic E-state index is 12.4. The van der Waals surface area contributed by atoms with Crippen molar-refractivity contribution in [1.29, 1.82) is 0 Å². The van der Waals surface area contributed by atoms with Crippen LogP contribution in [0.25, 0.3) is 0 Å². The van der Waals surface area contributed by atoms with Crippen molar-refractivity contribution >= 4 is 23.7 Å². The first-order valence-electron chi connectivity index (χ1n) is 10.7. The Hall–Kier alpha value is -3.80. The molecule has 1 aromatic rings. The van der Waals surface area contributed by atoms with Gasteiger partial charge in [0.1, 0.15) is 6.61 Å². The van der Waals surface area contributed by atoms with E-state index >= 15 is 0 Å². The van der Waals surface area contributed by atoms with Crippen molar-refractivity contribution in [3.8, 4) is 0 Å². The van der Waals surface area contributed by atoms with Crippen LogP contribution >= 0.6 is 0 Å². The SMILES string of the molecule is CCCOCCOC(=O)OC1=C(C)NC(C)=C(OC(=O)OC(C)C)N1c1cccc([N+](=O)[O-])c1. The van der Waals surface area contributed by atoms with E-state index in [9.17, 15) is 19.7 Å². The molecule has 186 valence electrons. The Bertz CT molecular complexity index is 972. The van der Waals surface area contributed by atoms with Crippen LogP contribution in [0.1, 0.15) is 41.0 Å². The second kappa shape index (κ2) is 12.4. The van der Waals surface area contributed by atoms with Gasteiger partial charge in [-0.3, -0.25) is 10.1 Å². The molecule has 0 fully saturated rings. The highest BCUT2D eigenvalue weighted by Crippen LogP contribution is 2.34. The Labute approximate surface area is 197 Å². The van der Waals surface area contributed by atoms with E-state index in [1.807, 2.05) is 6.92 Å². The largest absolute Gasteiger partial charge is 0.515 e. The van der Waals surface area contributed by atoms with Crippen molar-refractivity contribution in [2.45, 2.75) is 47.1 Å². The minimum absolute atomic E-state index is 0.0334. The number of hydrogen-bond donors (Lipinski definition) is 1. The molecular weight excluding hydrogens is 450 g/mol. The third-order valence-corrected chi connectivity index (χ3v) is 4.21. The lowest BCUT2D eigenvalue weighted by atomic mass is 10.2. The van der Waals surface area contributed by atoms with Crippen LogP contribution in [-0.4, -0.2) is 43.2 Å². The molecule has 0 radical (unpaired) electrons. The number of allylic oxidation sites excluding steroid dienone is 2. The molecule has 1 aliphatic rings. The summed E-state index contributed by atoms with van der Waals surface area (Å²) in [7, 11) is 0. The molecule has 12 heteroatoms. The number of hydrogen-bond acceptors (Lipinski definition) is 11. The number of carbonyl (C=O) groups is 2. The van der Waals surface area contributed by atoms with E-state index in [0.717, 1.165) is 6.42 Å². The summed E-state index contributed by atoms with van der Waals surface area (Å²) < 4.78 is 26.2. The molecule has 1 aromatic carbocycles. The van der Waals surface area contributed by atoms with Crippen LogP contribution in [0, 0.1) is 10.1 Å². The van der Waals surface area contributed by atoms with Gasteiger partial charge < -0.3 is 29.0 Å². The Morgan fingerprint density at radius 3 is 2.29 bits per heavy atom. The van der Waals surface area contributed by atoms with E-state index in [-0.39, 0.29) is 36.4 Å². The number of rotatable bonds is 10. The van der Waals surface area contributed by atoms with Gasteiger partial charge in [-0.25, -0.2) is 14.5 Å². The molecule has 0 saturated carbocycles. The Balaban J connectivity index is 2.37. The second-order valence-corrected chi connectivity index (χ2v) is 7.43. The van der Waals surface area contributed by atoms with Gasteiger partial charge in [0.25, 0.3) is 5.69 Å². The molecule has 1 aliphatic heterocycles. The second-order valence-electron chi connectivity index (χ2n) is 7.43. The van der Waals surface area contributed by atoms with E-state index in [2.05, 4.69) is 5.32 Å². The average Bonchev–Trinajstić information content (AvgIpc) is 2.76. The summed E-state index contributed by atoms with van der Waals surface area (Å²) >= 11 is 0.